The topological polar surface area (TPSA) is 59.0 Å². The molecule has 5 heteroatoms. The number of carbonyl (C=O) groups is 1. The third-order valence-electron chi connectivity index (χ3n) is 4.71. The van der Waals surface area contributed by atoms with Gasteiger partial charge in [0, 0.05) is 19.8 Å². The van der Waals surface area contributed by atoms with Crippen molar-refractivity contribution in [2.24, 2.45) is 5.92 Å². The average Bonchev–Trinajstić information content (AvgIpc) is 2.61. The summed E-state index contributed by atoms with van der Waals surface area (Å²) in [7, 11) is 0. The number of aliphatic hydroxyl groups excluding tert-OH is 1. The number of aliphatic hydroxyl groups is 1. The quantitative estimate of drug-likeness (QED) is 0.922. The predicted molar refractivity (Wildman–Crippen MR) is 85.9 cm³/mol. The van der Waals surface area contributed by atoms with Crippen LogP contribution in [0.15, 0.2) is 30.3 Å². The zero-order valence-corrected chi connectivity index (χ0v) is 13.6. The minimum absolute atomic E-state index is 0.00424. The predicted octanol–water partition coefficient (Wildman–Crippen LogP) is 1.76. The molecule has 0 spiro atoms. The van der Waals surface area contributed by atoms with Gasteiger partial charge in [-0.25, -0.2) is 0 Å². The van der Waals surface area contributed by atoms with Crippen molar-refractivity contribution in [2.45, 2.75) is 38.1 Å². The number of hydrogen-bond donors (Lipinski definition) is 1. The summed E-state index contributed by atoms with van der Waals surface area (Å²) in [6.45, 7) is 4.24. The van der Waals surface area contributed by atoms with E-state index in [1.165, 1.54) is 0 Å². The highest BCUT2D eigenvalue weighted by molar-refractivity contribution is 5.81. The Bertz CT molecular complexity index is 515. The highest BCUT2D eigenvalue weighted by Gasteiger charge is 2.35. The van der Waals surface area contributed by atoms with Gasteiger partial charge in [-0.2, -0.15) is 0 Å². The average molecular weight is 319 g/mol. The molecule has 0 radical (unpaired) electrons. The van der Waals surface area contributed by atoms with Crippen LogP contribution in [0.25, 0.3) is 0 Å². The van der Waals surface area contributed by atoms with Gasteiger partial charge in [0.05, 0.1) is 12.6 Å². The first-order chi connectivity index (χ1) is 11.1. The summed E-state index contributed by atoms with van der Waals surface area (Å²) in [6, 6.07) is 9.94. The van der Waals surface area contributed by atoms with Gasteiger partial charge in [0.15, 0.2) is 0 Å². The molecule has 0 saturated carbocycles. The Balaban J connectivity index is 1.67. The van der Waals surface area contributed by atoms with Gasteiger partial charge in [0.1, 0.15) is 12.2 Å². The Morgan fingerprint density at radius 2 is 1.91 bits per heavy atom. The molecular weight excluding hydrogens is 294 g/mol. The van der Waals surface area contributed by atoms with Gasteiger partial charge in [0.2, 0.25) is 0 Å². The van der Waals surface area contributed by atoms with E-state index in [2.05, 4.69) is 0 Å². The molecule has 1 aromatic carbocycles. The lowest BCUT2D eigenvalue weighted by molar-refractivity contribution is -0.157. The summed E-state index contributed by atoms with van der Waals surface area (Å²) >= 11 is 0. The van der Waals surface area contributed by atoms with E-state index in [4.69, 9.17) is 9.47 Å². The molecule has 0 aliphatic carbocycles. The second-order valence-corrected chi connectivity index (χ2v) is 6.48. The molecule has 0 bridgehead atoms. The highest BCUT2D eigenvalue weighted by Crippen LogP contribution is 2.27. The first kappa shape index (κ1) is 16.4. The van der Waals surface area contributed by atoms with Crippen LogP contribution in [0, 0.1) is 5.92 Å². The first-order valence-electron chi connectivity index (χ1n) is 8.40. The van der Waals surface area contributed by atoms with E-state index < -0.39 is 6.10 Å². The molecule has 2 heterocycles. The Morgan fingerprint density at radius 1 is 1.22 bits per heavy atom. The van der Waals surface area contributed by atoms with E-state index in [1.54, 1.807) is 4.90 Å². The Labute approximate surface area is 137 Å². The van der Waals surface area contributed by atoms with E-state index in [1.807, 2.05) is 37.3 Å². The number of nitrogens with zero attached hydrogens (tertiary/aromatic N) is 1. The second kappa shape index (κ2) is 7.43. The van der Waals surface area contributed by atoms with Crippen LogP contribution in [-0.4, -0.2) is 54.4 Å². The maximum absolute atomic E-state index is 12.7. The van der Waals surface area contributed by atoms with Crippen LogP contribution in [-0.2, 0) is 14.3 Å². The molecule has 1 N–H and O–H groups in total. The number of carbonyl (C=O) groups excluding carboxylic acids is 1. The number of benzene rings is 1. The Kier molecular flexibility index (Phi) is 5.30. The van der Waals surface area contributed by atoms with Crippen LogP contribution in [0.5, 0.6) is 0 Å². The molecule has 2 aliphatic heterocycles. The highest BCUT2D eigenvalue weighted by atomic mass is 16.5. The summed E-state index contributed by atoms with van der Waals surface area (Å²) in [4.78, 5) is 14.5. The lowest BCUT2D eigenvalue weighted by atomic mass is 9.92. The second-order valence-electron chi connectivity index (χ2n) is 6.48. The van der Waals surface area contributed by atoms with Crippen molar-refractivity contribution in [3.05, 3.63) is 35.9 Å². The first-order valence-corrected chi connectivity index (χ1v) is 8.40. The Hall–Kier alpha value is -1.43. The van der Waals surface area contributed by atoms with Crippen LogP contribution in [0.2, 0.25) is 0 Å². The van der Waals surface area contributed by atoms with Crippen LogP contribution in [0.4, 0.5) is 0 Å². The summed E-state index contributed by atoms with van der Waals surface area (Å²) in [5.74, 6) is -0.169. The van der Waals surface area contributed by atoms with Crippen molar-refractivity contribution in [2.75, 3.05) is 26.3 Å². The zero-order valence-electron chi connectivity index (χ0n) is 13.6. The number of amides is 1. The van der Waals surface area contributed by atoms with Gasteiger partial charge in [0.25, 0.3) is 5.91 Å². The number of morpholine rings is 1. The largest absolute Gasteiger partial charge is 0.383 e. The van der Waals surface area contributed by atoms with Gasteiger partial charge >= 0.3 is 0 Å². The Morgan fingerprint density at radius 3 is 2.61 bits per heavy atom. The summed E-state index contributed by atoms with van der Waals surface area (Å²) in [6.07, 6.45) is 0.385. The van der Waals surface area contributed by atoms with Crippen molar-refractivity contribution in [3.63, 3.8) is 0 Å². The van der Waals surface area contributed by atoms with Crippen LogP contribution >= 0.6 is 0 Å². The van der Waals surface area contributed by atoms with Gasteiger partial charge in [-0.1, -0.05) is 30.3 Å². The fourth-order valence-corrected chi connectivity index (χ4v) is 3.40. The monoisotopic (exact) mass is 319 g/mol. The smallest absolute Gasteiger partial charge is 0.251 e. The van der Waals surface area contributed by atoms with Crippen LogP contribution < -0.4 is 0 Å². The fraction of sp³-hybridized carbons (Fsp3) is 0.611. The lowest BCUT2D eigenvalue weighted by Gasteiger charge is -2.39. The molecular formula is C18H25NO4. The molecule has 126 valence electrons. The minimum atomic E-state index is -0.930. The summed E-state index contributed by atoms with van der Waals surface area (Å²) in [5, 5.41) is 10.5. The maximum atomic E-state index is 12.7. The summed E-state index contributed by atoms with van der Waals surface area (Å²) in [5.41, 5.74) is 1.07. The van der Waals surface area contributed by atoms with Crippen molar-refractivity contribution < 1.29 is 19.4 Å². The third-order valence-corrected chi connectivity index (χ3v) is 4.71. The summed E-state index contributed by atoms with van der Waals surface area (Å²) < 4.78 is 11.3. The van der Waals surface area contributed by atoms with E-state index in [0.717, 1.165) is 18.4 Å². The molecule has 1 amide bonds. The molecule has 0 unspecified atom stereocenters. The number of rotatable bonds is 3. The van der Waals surface area contributed by atoms with Gasteiger partial charge < -0.3 is 19.5 Å². The molecule has 23 heavy (non-hydrogen) atoms. The zero-order chi connectivity index (χ0) is 16.2. The third kappa shape index (κ3) is 3.91. The van der Waals surface area contributed by atoms with E-state index in [9.17, 15) is 9.90 Å². The van der Waals surface area contributed by atoms with Crippen molar-refractivity contribution in [1.82, 2.24) is 4.90 Å². The van der Waals surface area contributed by atoms with E-state index >= 15 is 0 Å². The van der Waals surface area contributed by atoms with Gasteiger partial charge in [-0.05, 0) is 31.2 Å². The van der Waals surface area contributed by atoms with Gasteiger partial charge in [-0.15, -0.1) is 0 Å². The minimum Gasteiger partial charge on any atom is -0.383 e. The van der Waals surface area contributed by atoms with Gasteiger partial charge in [-0.3, -0.25) is 4.79 Å². The molecule has 2 fully saturated rings. The molecule has 2 saturated heterocycles. The molecule has 3 rings (SSSR count). The van der Waals surface area contributed by atoms with E-state index in [-0.39, 0.29) is 24.0 Å². The lowest BCUT2D eigenvalue weighted by Crippen LogP contribution is -2.51. The standard InChI is InChI=1S/C18H25NO4/c1-13-11-19(12-16(23-13)14-5-3-2-4-6-14)18(21)17(20)15-7-9-22-10-8-15/h2-6,13,15-17,20H,7-12H2,1H3/t13-,16-,17+/m1/s1. The van der Waals surface area contributed by atoms with E-state index in [0.29, 0.717) is 26.3 Å². The maximum Gasteiger partial charge on any atom is 0.251 e. The molecule has 0 aromatic heterocycles. The van der Waals surface area contributed by atoms with Crippen molar-refractivity contribution in [1.29, 1.82) is 0 Å². The van der Waals surface area contributed by atoms with Crippen LogP contribution in [0.1, 0.15) is 31.4 Å². The number of ether oxygens (including phenoxy) is 2. The van der Waals surface area contributed by atoms with Crippen molar-refractivity contribution in [3.8, 4) is 0 Å². The van der Waals surface area contributed by atoms with Crippen LogP contribution in [0.3, 0.4) is 0 Å². The fourth-order valence-electron chi connectivity index (χ4n) is 3.40. The van der Waals surface area contributed by atoms with Crippen molar-refractivity contribution >= 4 is 5.91 Å². The molecule has 5 nitrogen and oxygen atoms in total. The molecule has 1 aromatic rings. The number of hydrogen-bond acceptors (Lipinski definition) is 4. The molecule has 3 atom stereocenters. The SMILES string of the molecule is C[C@@H]1CN(C(=O)[C@@H](O)C2CCOCC2)C[C@H](c2ccccc2)O1. The molecule has 2 aliphatic rings. The normalized spacial score (nSPS) is 27.7.